The molecule has 3 aromatic carbocycles. The first kappa shape index (κ1) is 32.9. The summed E-state index contributed by atoms with van der Waals surface area (Å²) in [7, 11) is 0. The molecule has 0 radical (unpaired) electrons. The summed E-state index contributed by atoms with van der Waals surface area (Å²) in [4.78, 5) is 51.1. The molecule has 3 N–H and O–H groups in total. The molecule has 0 fully saturated rings. The van der Waals surface area contributed by atoms with Crippen LogP contribution < -0.4 is 20.7 Å². The molecule has 43 heavy (non-hydrogen) atoms. The van der Waals surface area contributed by atoms with Crippen molar-refractivity contribution in [2.75, 3.05) is 10.6 Å². The molecule has 0 bridgehead atoms. The summed E-state index contributed by atoms with van der Waals surface area (Å²) >= 11 is 5.90. The molecular formula is C30H29ClF3N3O6. The maximum Gasteiger partial charge on any atom is 0.338 e. The summed E-state index contributed by atoms with van der Waals surface area (Å²) in [6.07, 6.45) is -6.47. The normalized spacial score (nSPS) is 12.6. The van der Waals surface area contributed by atoms with E-state index in [4.69, 9.17) is 16.3 Å². The van der Waals surface area contributed by atoms with Crippen LogP contribution >= 0.6 is 11.6 Å². The number of alkyl halides is 3. The fourth-order valence-corrected chi connectivity index (χ4v) is 3.77. The highest BCUT2D eigenvalue weighted by molar-refractivity contribution is 6.40. The second-order valence-corrected chi connectivity index (χ2v) is 10.6. The van der Waals surface area contributed by atoms with E-state index >= 15 is 0 Å². The lowest BCUT2D eigenvalue weighted by atomic mass is 10.0. The van der Waals surface area contributed by atoms with Crippen LogP contribution in [0.2, 0.25) is 5.02 Å². The van der Waals surface area contributed by atoms with Gasteiger partial charge in [-0.05, 0) is 68.8 Å². The Morgan fingerprint density at radius 1 is 0.860 bits per heavy atom. The van der Waals surface area contributed by atoms with Crippen molar-refractivity contribution in [2.24, 2.45) is 0 Å². The predicted octanol–water partition coefficient (Wildman–Crippen LogP) is 5.54. The van der Waals surface area contributed by atoms with Gasteiger partial charge in [0.1, 0.15) is 17.4 Å². The van der Waals surface area contributed by atoms with E-state index in [2.05, 4.69) is 20.7 Å². The van der Waals surface area contributed by atoms with Crippen molar-refractivity contribution >= 4 is 46.7 Å². The van der Waals surface area contributed by atoms with Crippen molar-refractivity contribution in [1.82, 2.24) is 5.32 Å². The molecule has 2 atom stereocenters. The van der Waals surface area contributed by atoms with Gasteiger partial charge in [-0.3, -0.25) is 14.4 Å². The molecule has 9 nitrogen and oxygen atoms in total. The molecule has 0 aliphatic carbocycles. The molecule has 3 aromatic rings. The topological polar surface area (TPSA) is 123 Å². The van der Waals surface area contributed by atoms with Gasteiger partial charge in [-0.15, -0.1) is 0 Å². The van der Waals surface area contributed by atoms with Gasteiger partial charge in [0, 0.05) is 17.1 Å². The summed E-state index contributed by atoms with van der Waals surface area (Å²) < 4.78 is 48.7. The summed E-state index contributed by atoms with van der Waals surface area (Å²) in [6, 6.07) is 16.6. The third-order valence-corrected chi connectivity index (χ3v) is 5.76. The number of anilines is 2. The van der Waals surface area contributed by atoms with Gasteiger partial charge in [0.05, 0.1) is 11.3 Å². The molecule has 3 rings (SSSR count). The van der Waals surface area contributed by atoms with E-state index in [9.17, 15) is 32.3 Å². The van der Waals surface area contributed by atoms with Crippen molar-refractivity contribution in [1.29, 1.82) is 0 Å². The zero-order chi connectivity index (χ0) is 31.7. The third kappa shape index (κ3) is 10.3. The fraction of sp³-hybridized carbons (Fsp3) is 0.267. The highest BCUT2D eigenvalue weighted by atomic mass is 35.5. The average Bonchev–Trinajstić information content (AvgIpc) is 2.93. The zero-order valence-corrected chi connectivity index (χ0v) is 24.1. The Bertz CT molecular complexity index is 1450. The van der Waals surface area contributed by atoms with Gasteiger partial charge in [-0.1, -0.05) is 41.9 Å². The van der Waals surface area contributed by atoms with Crippen LogP contribution in [0.15, 0.2) is 72.8 Å². The van der Waals surface area contributed by atoms with Crippen molar-refractivity contribution in [3.8, 4) is 5.75 Å². The van der Waals surface area contributed by atoms with Crippen LogP contribution in [0.4, 0.5) is 24.5 Å². The van der Waals surface area contributed by atoms with E-state index in [1.54, 1.807) is 51.1 Å². The molecule has 0 heterocycles. The molecule has 0 aromatic heterocycles. The number of hydrogen-bond acceptors (Lipinski definition) is 6. The highest BCUT2D eigenvalue weighted by Gasteiger charge is 2.27. The second kappa shape index (κ2) is 14.5. The Hall–Kier alpha value is -4.58. The van der Waals surface area contributed by atoms with E-state index in [-0.39, 0.29) is 22.7 Å². The molecular weight excluding hydrogens is 591 g/mol. The lowest BCUT2D eigenvalue weighted by Gasteiger charge is -2.20. The Morgan fingerprint density at radius 2 is 1.51 bits per heavy atom. The lowest BCUT2D eigenvalue weighted by molar-refractivity contribution is -0.137. The second-order valence-electron chi connectivity index (χ2n) is 10.2. The van der Waals surface area contributed by atoms with Crippen LogP contribution in [0.3, 0.4) is 0 Å². The zero-order valence-electron chi connectivity index (χ0n) is 23.3. The van der Waals surface area contributed by atoms with Crippen molar-refractivity contribution in [3.05, 3.63) is 88.9 Å². The Morgan fingerprint density at radius 3 is 2.12 bits per heavy atom. The minimum absolute atomic E-state index is 0.00880. The molecule has 0 aliphatic rings. The maximum atomic E-state index is 13.5. The van der Waals surface area contributed by atoms with Gasteiger partial charge in [0.25, 0.3) is 6.36 Å². The lowest BCUT2D eigenvalue weighted by Crippen LogP contribution is -2.48. The van der Waals surface area contributed by atoms with Crippen LogP contribution in [-0.2, 0) is 25.5 Å². The van der Waals surface area contributed by atoms with Crippen LogP contribution in [0.5, 0.6) is 5.75 Å². The number of rotatable bonds is 10. The van der Waals surface area contributed by atoms with Gasteiger partial charge < -0.3 is 25.4 Å². The predicted molar refractivity (Wildman–Crippen MR) is 154 cm³/mol. The van der Waals surface area contributed by atoms with Crippen LogP contribution in [0, 0.1) is 0 Å². The van der Waals surface area contributed by atoms with Crippen LogP contribution in [-0.4, -0.2) is 48.1 Å². The summed E-state index contributed by atoms with van der Waals surface area (Å²) in [5.74, 6) is -4.28. The first-order chi connectivity index (χ1) is 20.2. The van der Waals surface area contributed by atoms with Crippen molar-refractivity contribution in [3.63, 3.8) is 0 Å². The van der Waals surface area contributed by atoms with Crippen molar-refractivity contribution in [2.45, 2.75) is 51.6 Å². The van der Waals surface area contributed by atoms with Gasteiger partial charge in [-0.2, -0.15) is 4.39 Å². The fourth-order valence-electron chi connectivity index (χ4n) is 3.59. The first-order valence-corrected chi connectivity index (χ1v) is 13.3. The molecule has 13 heteroatoms. The van der Waals surface area contributed by atoms with Crippen LogP contribution in [0.25, 0.3) is 0 Å². The van der Waals surface area contributed by atoms with E-state index in [1.807, 2.05) is 0 Å². The Labute approximate surface area is 250 Å². The summed E-state index contributed by atoms with van der Waals surface area (Å²) in [5, 5.41) is 7.16. The van der Waals surface area contributed by atoms with Crippen molar-refractivity contribution < 1.29 is 41.8 Å². The molecule has 2 unspecified atom stereocenters. The van der Waals surface area contributed by atoms with E-state index in [0.717, 1.165) is 12.1 Å². The number of hydrogen-bond donors (Lipinski definition) is 3. The third-order valence-electron chi connectivity index (χ3n) is 5.53. The standard InChI is InChI=1S/C30H29ClF3N3O6/c1-30(2,3)43-29(41)18-9-12-20(13-10-18)35-26(38)22(15-17-7-5-4-6-8-17)37-28(40)27(39)36-21-16-19(31)11-14-23(21)42-25(34)24(32)33/h4-14,16,22,24-25H,15H2,1-3H3,(H,35,38)(H,36,39)(H,37,40). The largest absolute Gasteiger partial charge is 0.456 e. The molecule has 3 amide bonds. The number of carbonyl (C=O) groups is 4. The number of nitrogens with one attached hydrogen (secondary N) is 3. The molecule has 0 aliphatic heterocycles. The Balaban J connectivity index is 1.75. The molecule has 228 valence electrons. The minimum Gasteiger partial charge on any atom is -0.456 e. The number of ether oxygens (including phenoxy) is 2. The number of carbonyl (C=O) groups excluding carboxylic acids is 4. The highest BCUT2D eigenvalue weighted by Crippen LogP contribution is 2.30. The minimum atomic E-state index is -3.46. The van der Waals surface area contributed by atoms with Gasteiger partial charge in [0.15, 0.2) is 0 Å². The van der Waals surface area contributed by atoms with Gasteiger partial charge >= 0.3 is 24.2 Å². The number of amides is 3. The number of benzene rings is 3. The smallest absolute Gasteiger partial charge is 0.338 e. The number of esters is 1. The summed E-state index contributed by atoms with van der Waals surface area (Å²) in [6.45, 7) is 5.19. The van der Waals surface area contributed by atoms with E-state index < -0.39 is 53.9 Å². The van der Waals surface area contributed by atoms with Gasteiger partial charge in [0.2, 0.25) is 5.91 Å². The molecule has 0 saturated carbocycles. The van der Waals surface area contributed by atoms with Crippen LogP contribution in [0.1, 0.15) is 36.7 Å². The van der Waals surface area contributed by atoms with E-state index in [0.29, 0.717) is 11.3 Å². The van der Waals surface area contributed by atoms with E-state index in [1.165, 1.54) is 30.3 Å². The first-order valence-electron chi connectivity index (χ1n) is 12.9. The molecule has 0 spiro atoms. The quantitative estimate of drug-likeness (QED) is 0.202. The van der Waals surface area contributed by atoms with Gasteiger partial charge in [-0.25, -0.2) is 13.6 Å². The maximum absolute atomic E-state index is 13.5. The monoisotopic (exact) mass is 619 g/mol. The average molecular weight is 620 g/mol. The SMILES string of the molecule is CC(C)(C)OC(=O)c1ccc(NC(=O)C(Cc2ccccc2)NC(=O)C(=O)Nc2cc(Cl)ccc2OC(F)C(F)F)cc1. The Kier molecular flexibility index (Phi) is 11.1. The molecule has 0 saturated heterocycles. The summed E-state index contributed by atoms with van der Waals surface area (Å²) in [5.41, 5.74) is 0.188. The number of halogens is 4.